The minimum Gasteiger partial charge on any atom is -0.453 e. The number of rotatable bonds is 9. The molecule has 14 heteroatoms. The van der Waals surface area contributed by atoms with E-state index in [0.29, 0.717) is 53.5 Å². The van der Waals surface area contributed by atoms with Gasteiger partial charge in [-0.3, -0.25) is 14.5 Å². The molecule has 1 unspecified atom stereocenters. The molecule has 5 aromatic rings. The average molecular weight is 765 g/mol. The molecule has 0 radical (unpaired) electrons. The fraction of sp³-hybridized carbons (Fsp3) is 0.429. The first-order chi connectivity index (χ1) is 26.9. The summed E-state index contributed by atoms with van der Waals surface area (Å²) < 4.78 is 22.3. The molecule has 4 heterocycles. The van der Waals surface area contributed by atoms with Gasteiger partial charge in [-0.2, -0.15) is 0 Å². The van der Waals surface area contributed by atoms with E-state index >= 15 is 0 Å². The Morgan fingerprint density at radius 2 is 1.32 bits per heavy atom. The van der Waals surface area contributed by atoms with Crippen LogP contribution < -0.4 is 0 Å². The smallest absolute Gasteiger partial charge is 0.409 e. The Balaban J connectivity index is 1.07. The van der Waals surface area contributed by atoms with Crippen molar-refractivity contribution >= 4 is 46.2 Å². The maximum atomic E-state index is 13.9. The predicted molar refractivity (Wildman–Crippen MR) is 208 cm³/mol. The number of ether oxygens (including phenoxy) is 2. The molecule has 0 N–H and O–H groups in total. The van der Waals surface area contributed by atoms with Gasteiger partial charge in [0, 0.05) is 27.2 Å². The molecule has 0 saturated carbocycles. The third-order valence-electron chi connectivity index (χ3n) is 10.9. The highest BCUT2D eigenvalue weighted by Gasteiger charge is 2.43. The first kappa shape index (κ1) is 38.4. The van der Waals surface area contributed by atoms with Crippen LogP contribution in [0.2, 0.25) is 0 Å². The summed E-state index contributed by atoms with van der Waals surface area (Å²) in [5.41, 5.74) is 6.59. The van der Waals surface area contributed by atoms with Gasteiger partial charge in [0.15, 0.2) is 11.2 Å². The van der Waals surface area contributed by atoms with E-state index in [4.69, 9.17) is 28.3 Å². The third-order valence-corrected chi connectivity index (χ3v) is 10.9. The first-order valence-corrected chi connectivity index (χ1v) is 19.0. The number of hydrogen-bond donors (Lipinski definition) is 0. The summed E-state index contributed by atoms with van der Waals surface area (Å²) in [6.07, 6.45) is 1.12. The topological polar surface area (TPSA) is 152 Å². The van der Waals surface area contributed by atoms with Crippen molar-refractivity contribution in [2.45, 2.75) is 58.2 Å². The van der Waals surface area contributed by atoms with Crippen LogP contribution in [-0.4, -0.2) is 108 Å². The van der Waals surface area contributed by atoms with E-state index in [1.54, 1.807) is 16.8 Å². The van der Waals surface area contributed by atoms with Gasteiger partial charge in [0.05, 0.1) is 14.2 Å². The van der Waals surface area contributed by atoms with Gasteiger partial charge >= 0.3 is 12.2 Å². The number of likely N-dealkylation sites (tertiary alicyclic amines) is 2. The van der Waals surface area contributed by atoms with E-state index in [2.05, 4.69) is 31.2 Å². The fourth-order valence-corrected chi connectivity index (χ4v) is 8.07. The Hall–Kier alpha value is -5.92. The summed E-state index contributed by atoms with van der Waals surface area (Å²) in [5, 5.41) is 0. The van der Waals surface area contributed by atoms with E-state index < -0.39 is 18.2 Å². The van der Waals surface area contributed by atoms with E-state index in [-0.39, 0.29) is 42.3 Å². The van der Waals surface area contributed by atoms with Crippen molar-refractivity contribution in [2.24, 2.45) is 11.8 Å². The second-order valence-electron chi connectivity index (χ2n) is 15.2. The number of carbonyl (C=O) groups is 4. The molecule has 2 aromatic heterocycles. The number of methoxy groups -OCH3 is 2. The van der Waals surface area contributed by atoms with Crippen LogP contribution in [0.5, 0.6) is 0 Å². The number of amides is 4. The molecule has 4 atom stereocenters. The monoisotopic (exact) mass is 764 g/mol. The number of hydrogen-bond acceptors (Lipinski definition) is 10. The summed E-state index contributed by atoms with van der Waals surface area (Å²) in [5.74, 6) is 0.741. The van der Waals surface area contributed by atoms with Crippen LogP contribution in [0, 0.1) is 11.8 Å². The van der Waals surface area contributed by atoms with Crippen molar-refractivity contribution in [3.05, 3.63) is 72.4 Å². The zero-order valence-electron chi connectivity index (χ0n) is 32.9. The van der Waals surface area contributed by atoms with Crippen molar-refractivity contribution in [3.63, 3.8) is 0 Å². The first-order valence-electron chi connectivity index (χ1n) is 19.0. The Kier molecular flexibility index (Phi) is 10.7. The molecule has 0 aliphatic carbocycles. The summed E-state index contributed by atoms with van der Waals surface area (Å²) in [6.45, 7) is 6.96. The second-order valence-corrected chi connectivity index (χ2v) is 15.2. The van der Waals surface area contributed by atoms with Crippen LogP contribution in [0.4, 0.5) is 9.59 Å². The zero-order chi connectivity index (χ0) is 39.8. The van der Waals surface area contributed by atoms with Gasteiger partial charge in [-0.15, -0.1) is 0 Å². The summed E-state index contributed by atoms with van der Waals surface area (Å²) in [4.78, 5) is 66.9. The summed E-state index contributed by atoms with van der Waals surface area (Å²) in [7, 11) is 5.72. The Labute approximate surface area is 325 Å². The quantitative estimate of drug-likeness (QED) is 0.150. The molecule has 0 bridgehead atoms. The van der Waals surface area contributed by atoms with Gasteiger partial charge in [-0.1, -0.05) is 57.2 Å². The van der Waals surface area contributed by atoms with E-state index in [1.807, 2.05) is 50.2 Å². The van der Waals surface area contributed by atoms with Crippen LogP contribution in [0.1, 0.15) is 63.9 Å². The lowest BCUT2D eigenvalue weighted by Crippen LogP contribution is -2.51. The normalized spacial score (nSPS) is 18.8. The van der Waals surface area contributed by atoms with Crippen LogP contribution in [0.15, 0.2) is 69.5 Å². The molecular weight excluding hydrogens is 716 g/mol. The van der Waals surface area contributed by atoms with Crippen molar-refractivity contribution in [1.29, 1.82) is 0 Å². The van der Waals surface area contributed by atoms with Crippen molar-refractivity contribution in [3.8, 4) is 22.3 Å². The molecule has 2 aliphatic rings. The lowest BCUT2D eigenvalue weighted by Gasteiger charge is -2.34. The number of fused-ring (bicyclic) bond motifs is 2. The van der Waals surface area contributed by atoms with Gasteiger partial charge < -0.3 is 33.0 Å². The van der Waals surface area contributed by atoms with Gasteiger partial charge in [-0.05, 0) is 77.6 Å². The highest BCUT2D eigenvalue weighted by molar-refractivity contribution is 5.87. The number of carbonyl (C=O) groups excluding carboxylic acids is 4. The van der Waals surface area contributed by atoms with Crippen LogP contribution >= 0.6 is 0 Å². The lowest BCUT2D eigenvalue weighted by atomic mass is 10.00. The minimum absolute atomic E-state index is 0.0878. The molecular formula is C42H48N6O8. The maximum Gasteiger partial charge on any atom is 0.409 e. The fourth-order valence-electron chi connectivity index (χ4n) is 8.07. The number of oxazole rings is 2. The largest absolute Gasteiger partial charge is 0.453 e. The number of benzene rings is 3. The number of likely N-dealkylation sites (N-methyl/N-ethyl adjacent to an activating group) is 2. The maximum absolute atomic E-state index is 13.9. The SMILES string of the molecule is COC(=O)N(C)CC(=O)N1CCC[C@H]1c1nc2ccc(-c3ccc(-c4ccc5nc(C6C[C@H](C)CN6C(=O)[C@H](C(C)C)N(C)C(=O)OC)oc5c4)cc3)cc2o1. The molecule has 2 fully saturated rings. The van der Waals surface area contributed by atoms with Gasteiger partial charge in [0.2, 0.25) is 23.6 Å². The van der Waals surface area contributed by atoms with E-state index in [1.165, 1.54) is 31.1 Å². The van der Waals surface area contributed by atoms with Crippen molar-refractivity contribution in [2.75, 3.05) is 47.9 Å². The Bertz CT molecular complexity index is 2260. The highest BCUT2D eigenvalue weighted by atomic mass is 16.5. The van der Waals surface area contributed by atoms with Crippen molar-refractivity contribution < 1.29 is 37.5 Å². The lowest BCUT2D eigenvalue weighted by molar-refractivity contribution is -0.139. The second kappa shape index (κ2) is 15.7. The molecule has 2 aliphatic heterocycles. The summed E-state index contributed by atoms with van der Waals surface area (Å²) in [6, 6.07) is 18.7. The van der Waals surface area contributed by atoms with Crippen LogP contribution in [0.3, 0.4) is 0 Å². The predicted octanol–water partition coefficient (Wildman–Crippen LogP) is 7.30. The van der Waals surface area contributed by atoms with E-state index in [9.17, 15) is 19.2 Å². The van der Waals surface area contributed by atoms with Crippen LogP contribution in [0.25, 0.3) is 44.5 Å². The number of nitrogens with zero attached hydrogens (tertiary/aromatic N) is 6. The van der Waals surface area contributed by atoms with Crippen molar-refractivity contribution in [1.82, 2.24) is 29.6 Å². The average Bonchev–Trinajstić information content (AvgIpc) is 4.01. The zero-order valence-corrected chi connectivity index (χ0v) is 32.9. The Morgan fingerprint density at radius 3 is 1.86 bits per heavy atom. The third kappa shape index (κ3) is 7.39. The number of aromatic nitrogens is 2. The highest BCUT2D eigenvalue weighted by Crippen LogP contribution is 2.39. The molecule has 56 heavy (non-hydrogen) atoms. The molecule has 0 spiro atoms. The minimum atomic E-state index is -0.682. The van der Waals surface area contributed by atoms with Gasteiger partial charge in [0.1, 0.15) is 35.7 Å². The molecule has 2 saturated heterocycles. The molecule has 4 amide bonds. The summed E-state index contributed by atoms with van der Waals surface area (Å²) >= 11 is 0. The van der Waals surface area contributed by atoms with Crippen LogP contribution in [-0.2, 0) is 19.1 Å². The Morgan fingerprint density at radius 1 is 0.786 bits per heavy atom. The van der Waals surface area contributed by atoms with Gasteiger partial charge in [0.25, 0.3) is 0 Å². The molecule has 3 aromatic carbocycles. The molecule has 14 nitrogen and oxygen atoms in total. The van der Waals surface area contributed by atoms with Gasteiger partial charge in [-0.25, -0.2) is 19.6 Å². The molecule has 7 rings (SSSR count). The standard InChI is InChI=1S/C42H48N6O8/c1-24(2)37(46(5)42(52)54-7)40(50)48-22-25(3)19-33(48)39-44-31-17-15-29(21-35(31)56-39)27-12-10-26(11-13-27)28-14-16-30-34(20-28)55-38(43-30)32-9-8-18-47(32)36(49)23-45(4)41(51)53-6/h10-17,20-21,24-25,32-33,37H,8-9,18-19,22-23H2,1-7H3/t25-,32-,33?,37-/m0/s1. The molecule has 294 valence electrons. The van der Waals surface area contributed by atoms with E-state index in [0.717, 1.165) is 35.1 Å².